The molecule has 2 bridgehead atoms. The number of anilines is 1. The Bertz CT molecular complexity index is 705. The number of fused-ring (bicyclic) bond motifs is 5. The molecule has 2 amide bonds. The lowest BCUT2D eigenvalue weighted by atomic mass is 9.85. The molecule has 2 saturated heterocycles. The first-order chi connectivity index (χ1) is 12.2. The average Bonchev–Trinajstić information content (AvgIpc) is 3.39. The molecule has 5 rings (SSSR count). The van der Waals surface area contributed by atoms with Crippen molar-refractivity contribution in [1.82, 2.24) is 0 Å². The zero-order chi connectivity index (χ0) is 17.0. The maximum absolute atomic E-state index is 12.8. The lowest BCUT2D eigenvalue weighted by Gasteiger charge is -2.18. The summed E-state index contributed by atoms with van der Waals surface area (Å²) in [5, 5.41) is 0. The van der Waals surface area contributed by atoms with Crippen molar-refractivity contribution >= 4 is 17.5 Å². The van der Waals surface area contributed by atoms with Gasteiger partial charge in [0.1, 0.15) is 12.4 Å². The fourth-order valence-electron chi connectivity index (χ4n) is 4.81. The highest BCUT2D eigenvalue weighted by atomic mass is 16.5. The minimum absolute atomic E-state index is 0.0418. The van der Waals surface area contributed by atoms with Crippen molar-refractivity contribution in [3.8, 4) is 5.75 Å². The number of carbonyl (C=O) groups excluding carboxylic acids is 2. The van der Waals surface area contributed by atoms with E-state index >= 15 is 0 Å². The summed E-state index contributed by atoms with van der Waals surface area (Å²) in [6.07, 6.45) is 7.48. The molecule has 5 heteroatoms. The summed E-state index contributed by atoms with van der Waals surface area (Å²) >= 11 is 0. The minimum atomic E-state index is -0.155. The zero-order valence-corrected chi connectivity index (χ0v) is 14.0. The van der Waals surface area contributed by atoms with Crippen LogP contribution in [0.3, 0.4) is 0 Å². The summed E-state index contributed by atoms with van der Waals surface area (Å²) in [6.45, 7) is 1.35. The summed E-state index contributed by atoms with van der Waals surface area (Å²) in [4.78, 5) is 27.0. The summed E-state index contributed by atoms with van der Waals surface area (Å²) in [6, 6.07) is 7.26. The molecule has 3 fully saturated rings. The van der Waals surface area contributed by atoms with Gasteiger partial charge in [-0.3, -0.25) is 14.5 Å². The molecule has 25 heavy (non-hydrogen) atoms. The number of nitrogens with zero attached hydrogens (tertiary/aromatic N) is 1. The quantitative estimate of drug-likeness (QED) is 0.625. The van der Waals surface area contributed by atoms with Crippen molar-refractivity contribution in [3.05, 3.63) is 36.4 Å². The Morgan fingerprint density at radius 1 is 1.04 bits per heavy atom. The first kappa shape index (κ1) is 15.1. The number of benzene rings is 1. The number of carbonyl (C=O) groups is 2. The Hall–Kier alpha value is -2.14. The molecule has 4 aliphatic rings. The lowest BCUT2D eigenvalue weighted by Crippen LogP contribution is -2.32. The smallest absolute Gasteiger partial charge is 0.238 e. The van der Waals surface area contributed by atoms with E-state index in [9.17, 15) is 9.59 Å². The summed E-state index contributed by atoms with van der Waals surface area (Å²) < 4.78 is 11.3. The first-order valence-corrected chi connectivity index (χ1v) is 9.13. The van der Waals surface area contributed by atoms with Crippen LogP contribution in [0.1, 0.15) is 19.3 Å². The molecule has 0 spiro atoms. The van der Waals surface area contributed by atoms with Crippen LogP contribution >= 0.6 is 0 Å². The van der Waals surface area contributed by atoms with E-state index in [0.717, 1.165) is 31.6 Å². The molecule has 0 aromatic heterocycles. The monoisotopic (exact) mass is 339 g/mol. The molecule has 130 valence electrons. The lowest BCUT2D eigenvalue weighted by molar-refractivity contribution is -0.123. The second kappa shape index (κ2) is 5.70. The third-order valence-corrected chi connectivity index (χ3v) is 6.03. The topological polar surface area (TPSA) is 55.8 Å². The molecule has 5 atom stereocenters. The van der Waals surface area contributed by atoms with Crippen molar-refractivity contribution in [1.29, 1.82) is 0 Å². The molecule has 0 radical (unpaired) electrons. The zero-order valence-electron chi connectivity index (χ0n) is 14.0. The van der Waals surface area contributed by atoms with Crippen molar-refractivity contribution in [2.75, 3.05) is 18.1 Å². The molecule has 5 nitrogen and oxygen atoms in total. The summed E-state index contributed by atoms with van der Waals surface area (Å²) in [7, 11) is 0. The second-order valence-electron chi connectivity index (χ2n) is 7.45. The molecule has 1 aromatic carbocycles. The Morgan fingerprint density at radius 3 is 2.32 bits per heavy atom. The first-order valence-electron chi connectivity index (χ1n) is 9.13. The van der Waals surface area contributed by atoms with Gasteiger partial charge in [0, 0.05) is 6.61 Å². The largest absolute Gasteiger partial charge is 0.491 e. The van der Waals surface area contributed by atoms with Gasteiger partial charge in [0.2, 0.25) is 11.8 Å². The molecule has 0 unspecified atom stereocenters. The van der Waals surface area contributed by atoms with E-state index in [1.807, 2.05) is 12.1 Å². The highest BCUT2D eigenvalue weighted by Crippen LogP contribution is 2.53. The van der Waals surface area contributed by atoms with Crippen LogP contribution < -0.4 is 9.64 Å². The molecule has 0 N–H and O–H groups in total. The van der Waals surface area contributed by atoms with Gasteiger partial charge < -0.3 is 9.47 Å². The van der Waals surface area contributed by atoms with Gasteiger partial charge in [0.25, 0.3) is 0 Å². The third-order valence-electron chi connectivity index (χ3n) is 6.03. The number of imide groups is 1. The maximum atomic E-state index is 12.8. The van der Waals surface area contributed by atoms with Crippen LogP contribution in [0.4, 0.5) is 5.69 Å². The van der Waals surface area contributed by atoms with E-state index < -0.39 is 0 Å². The average molecular weight is 339 g/mol. The number of amides is 2. The SMILES string of the molecule is O=C1[C@@H]2[C@H](C(=O)N1c1ccc(OC[C@@H]3CCCO3)cc1)[C@H]1C=C[C@H]2C1. The molecule has 2 aliphatic heterocycles. The number of hydrogen-bond acceptors (Lipinski definition) is 4. The van der Waals surface area contributed by atoms with Crippen LogP contribution in [0.25, 0.3) is 0 Å². The molecule has 2 heterocycles. The molecular formula is C20H21NO4. The van der Waals surface area contributed by atoms with Crippen LogP contribution in [0.5, 0.6) is 5.75 Å². The van der Waals surface area contributed by atoms with Gasteiger partial charge in [0.05, 0.1) is 23.6 Å². The van der Waals surface area contributed by atoms with Crippen molar-refractivity contribution in [2.45, 2.75) is 25.4 Å². The molecule has 1 aromatic rings. The van der Waals surface area contributed by atoms with Gasteiger partial charge in [-0.15, -0.1) is 0 Å². The maximum Gasteiger partial charge on any atom is 0.238 e. The predicted molar refractivity (Wildman–Crippen MR) is 91.1 cm³/mol. The Kier molecular flexibility index (Phi) is 3.45. The Morgan fingerprint density at radius 2 is 1.72 bits per heavy atom. The minimum Gasteiger partial charge on any atom is -0.491 e. The van der Waals surface area contributed by atoms with Gasteiger partial charge in [-0.2, -0.15) is 0 Å². The highest BCUT2D eigenvalue weighted by Gasteiger charge is 2.59. The number of rotatable bonds is 4. The normalized spacial score (nSPS) is 35.7. The Labute approximate surface area is 146 Å². The Balaban J connectivity index is 1.30. The van der Waals surface area contributed by atoms with Gasteiger partial charge in [-0.1, -0.05) is 12.2 Å². The third kappa shape index (κ3) is 2.33. The predicted octanol–water partition coefficient (Wildman–Crippen LogP) is 2.56. The van der Waals surface area contributed by atoms with Crippen LogP contribution in [0.2, 0.25) is 0 Å². The molecule has 1 saturated carbocycles. The summed E-state index contributed by atoms with van der Waals surface area (Å²) in [5.74, 6) is 0.826. The van der Waals surface area contributed by atoms with E-state index in [2.05, 4.69) is 12.2 Å². The molecular weight excluding hydrogens is 318 g/mol. The van der Waals surface area contributed by atoms with Gasteiger partial charge in [0.15, 0.2) is 0 Å². The van der Waals surface area contributed by atoms with E-state index in [1.54, 1.807) is 12.1 Å². The van der Waals surface area contributed by atoms with Crippen molar-refractivity contribution in [2.24, 2.45) is 23.7 Å². The van der Waals surface area contributed by atoms with Crippen LogP contribution in [0.15, 0.2) is 36.4 Å². The molecule has 2 aliphatic carbocycles. The van der Waals surface area contributed by atoms with Crippen LogP contribution in [0, 0.1) is 23.7 Å². The second-order valence-corrected chi connectivity index (χ2v) is 7.45. The number of hydrogen-bond donors (Lipinski definition) is 0. The fourth-order valence-corrected chi connectivity index (χ4v) is 4.81. The van der Waals surface area contributed by atoms with Crippen molar-refractivity contribution < 1.29 is 19.1 Å². The summed E-state index contributed by atoms with van der Waals surface area (Å²) in [5.41, 5.74) is 0.647. The van der Waals surface area contributed by atoms with E-state index in [1.165, 1.54) is 4.90 Å². The highest BCUT2D eigenvalue weighted by molar-refractivity contribution is 6.22. The van der Waals surface area contributed by atoms with E-state index in [0.29, 0.717) is 12.3 Å². The van der Waals surface area contributed by atoms with Gasteiger partial charge in [-0.05, 0) is 55.4 Å². The van der Waals surface area contributed by atoms with E-state index in [-0.39, 0.29) is 41.6 Å². The van der Waals surface area contributed by atoms with Crippen LogP contribution in [-0.2, 0) is 14.3 Å². The van der Waals surface area contributed by atoms with Crippen LogP contribution in [-0.4, -0.2) is 31.1 Å². The van der Waals surface area contributed by atoms with E-state index in [4.69, 9.17) is 9.47 Å². The van der Waals surface area contributed by atoms with Crippen molar-refractivity contribution in [3.63, 3.8) is 0 Å². The number of allylic oxidation sites excluding steroid dienone is 2. The standard InChI is InChI=1S/C20H21NO4/c22-19-17-12-3-4-13(10-12)18(17)20(23)21(19)14-5-7-15(8-6-14)25-11-16-2-1-9-24-16/h3-8,12-13,16-18H,1-2,9-11H2/t12-,13-,16-,17-,18+/m0/s1. The fraction of sp³-hybridized carbons (Fsp3) is 0.500. The van der Waals surface area contributed by atoms with Gasteiger partial charge in [-0.25, -0.2) is 0 Å². The van der Waals surface area contributed by atoms with Gasteiger partial charge >= 0.3 is 0 Å². The number of ether oxygens (including phenoxy) is 2.